The fraction of sp³-hybridized carbons (Fsp3) is 0.611. The maximum Gasteiger partial charge on any atom is 0.227 e. The Morgan fingerprint density at radius 3 is 2.55 bits per heavy atom. The average Bonchev–Trinajstić information content (AvgIpc) is 2.96. The fourth-order valence-corrected chi connectivity index (χ4v) is 3.73. The van der Waals surface area contributed by atoms with Gasteiger partial charge in [-0.2, -0.15) is 0 Å². The van der Waals surface area contributed by atoms with Gasteiger partial charge in [0.2, 0.25) is 5.91 Å². The number of carbonyl (C=O) groups excluding carboxylic acids is 1. The molecule has 4 nitrogen and oxygen atoms in total. The molecular weight excluding hydrogens is 276 g/mol. The van der Waals surface area contributed by atoms with Crippen LogP contribution in [-0.4, -0.2) is 59.1 Å². The number of hydrogen-bond donors (Lipinski definition) is 1. The Morgan fingerprint density at radius 2 is 1.91 bits per heavy atom. The fourth-order valence-electron chi connectivity index (χ4n) is 3.73. The van der Waals surface area contributed by atoms with Gasteiger partial charge in [-0.15, -0.1) is 0 Å². The van der Waals surface area contributed by atoms with Crippen molar-refractivity contribution in [3.63, 3.8) is 0 Å². The lowest BCUT2D eigenvalue weighted by molar-refractivity contribution is -0.132. The number of rotatable bonds is 3. The maximum atomic E-state index is 12.5. The molecule has 4 heteroatoms. The molecule has 1 aromatic carbocycles. The highest BCUT2D eigenvalue weighted by Gasteiger charge is 2.33. The number of benzene rings is 1. The summed E-state index contributed by atoms with van der Waals surface area (Å²) in [5.74, 6) is 0.223. The van der Waals surface area contributed by atoms with Crippen molar-refractivity contribution in [3.8, 4) is 0 Å². The first kappa shape index (κ1) is 15.5. The topological polar surface area (TPSA) is 43.8 Å². The van der Waals surface area contributed by atoms with Crippen molar-refractivity contribution in [2.75, 3.05) is 26.2 Å². The number of carbonyl (C=O) groups is 1. The summed E-state index contributed by atoms with van der Waals surface area (Å²) in [5.41, 5.74) is 2.31. The third kappa shape index (κ3) is 3.33. The van der Waals surface area contributed by atoms with E-state index in [9.17, 15) is 9.90 Å². The molecule has 0 aromatic heterocycles. The van der Waals surface area contributed by atoms with Crippen LogP contribution in [0.3, 0.4) is 0 Å². The number of aliphatic hydroxyl groups is 1. The second-order valence-electron chi connectivity index (χ2n) is 6.59. The smallest absolute Gasteiger partial charge is 0.227 e. The van der Waals surface area contributed by atoms with E-state index >= 15 is 0 Å². The molecule has 2 fully saturated rings. The van der Waals surface area contributed by atoms with Gasteiger partial charge in [0.15, 0.2) is 0 Å². The van der Waals surface area contributed by atoms with Crippen molar-refractivity contribution >= 4 is 5.91 Å². The lowest BCUT2D eigenvalue weighted by Crippen LogP contribution is -2.53. The highest BCUT2D eigenvalue weighted by molar-refractivity contribution is 5.79. The van der Waals surface area contributed by atoms with Crippen molar-refractivity contribution < 1.29 is 9.90 Å². The summed E-state index contributed by atoms with van der Waals surface area (Å²) in [6, 6.07) is 8.42. The molecule has 1 aromatic rings. The SMILES string of the molecule is Cc1ccccc1CC(=O)N1CCN(C2CCCC2O)CC1. The van der Waals surface area contributed by atoms with Gasteiger partial charge in [0, 0.05) is 32.2 Å². The van der Waals surface area contributed by atoms with Gasteiger partial charge in [0.05, 0.1) is 12.5 Å². The third-order valence-electron chi connectivity index (χ3n) is 5.18. The Labute approximate surface area is 132 Å². The zero-order valence-electron chi connectivity index (χ0n) is 13.4. The number of nitrogens with zero attached hydrogens (tertiary/aromatic N) is 2. The highest BCUT2D eigenvalue weighted by Crippen LogP contribution is 2.25. The summed E-state index contributed by atoms with van der Waals surface area (Å²) in [6.45, 7) is 5.41. The van der Waals surface area contributed by atoms with Crippen LogP contribution in [0.1, 0.15) is 30.4 Å². The number of aryl methyl sites for hydroxylation is 1. The van der Waals surface area contributed by atoms with Gasteiger partial charge in [-0.1, -0.05) is 24.3 Å². The molecule has 22 heavy (non-hydrogen) atoms. The lowest BCUT2D eigenvalue weighted by Gasteiger charge is -2.39. The molecule has 0 bridgehead atoms. The highest BCUT2D eigenvalue weighted by atomic mass is 16.3. The van der Waals surface area contributed by atoms with Crippen molar-refractivity contribution in [2.24, 2.45) is 0 Å². The van der Waals surface area contributed by atoms with E-state index in [0.717, 1.165) is 51.0 Å². The van der Waals surface area contributed by atoms with Gasteiger partial charge in [-0.05, 0) is 37.3 Å². The number of amides is 1. The van der Waals surface area contributed by atoms with E-state index in [-0.39, 0.29) is 12.0 Å². The molecule has 1 aliphatic carbocycles. The van der Waals surface area contributed by atoms with Gasteiger partial charge in [-0.3, -0.25) is 9.69 Å². The van der Waals surface area contributed by atoms with Crippen LogP contribution >= 0.6 is 0 Å². The molecule has 3 rings (SSSR count). The molecule has 0 spiro atoms. The van der Waals surface area contributed by atoms with Gasteiger partial charge in [0.25, 0.3) is 0 Å². The van der Waals surface area contributed by atoms with Crippen LogP contribution in [0.15, 0.2) is 24.3 Å². The Balaban J connectivity index is 1.53. The molecule has 0 radical (unpaired) electrons. The molecule has 1 amide bonds. The zero-order chi connectivity index (χ0) is 15.5. The molecule has 1 saturated carbocycles. The normalized spacial score (nSPS) is 26.4. The van der Waals surface area contributed by atoms with Gasteiger partial charge in [-0.25, -0.2) is 0 Å². The minimum absolute atomic E-state index is 0.172. The monoisotopic (exact) mass is 302 g/mol. The summed E-state index contributed by atoms with van der Waals surface area (Å²) in [6.07, 6.45) is 3.47. The molecule has 120 valence electrons. The van der Waals surface area contributed by atoms with Crippen molar-refractivity contribution in [1.82, 2.24) is 9.80 Å². The van der Waals surface area contributed by atoms with Crippen LogP contribution in [0, 0.1) is 6.92 Å². The van der Waals surface area contributed by atoms with Crippen LogP contribution in [0.2, 0.25) is 0 Å². The molecule has 1 N–H and O–H groups in total. The van der Waals surface area contributed by atoms with Gasteiger partial charge >= 0.3 is 0 Å². The number of hydrogen-bond acceptors (Lipinski definition) is 3. The van der Waals surface area contributed by atoms with Crippen LogP contribution in [-0.2, 0) is 11.2 Å². The predicted molar refractivity (Wildman–Crippen MR) is 86.7 cm³/mol. The minimum atomic E-state index is -0.172. The predicted octanol–water partition coefficient (Wildman–Crippen LogP) is 1.60. The first-order valence-electron chi connectivity index (χ1n) is 8.39. The van der Waals surface area contributed by atoms with Crippen LogP contribution < -0.4 is 0 Å². The van der Waals surface area contributed by atoms with Crippen LogP contribution in [0.4, 0.5) is 0 Å². The van der Waals surface area contributed by atoms with E-state index in [1.165, 1.54) is 5.56 Å². The Kier molecular flexibility index (Phi) is 4.79. The Morgan fingerprint density at radius 1 is 1.18 bits per heavy atom. The summed E-state index contributed by atoms with van der Waals surface area (Å²) in [5, 5.41) is 10.0. The standard InChI is InChI=1S/C18H26N2O2/c1-14-5-2-3-6-15(14)13-18(22)20-11-9-19(10-12-20)16-7-4-8-17(16)21/h2-3,5-6,16-17,21H,4,7-13H2,1H3. The molecule has 1 aliphatic heterocycles. The molecule has 1 heterocycles. The molecule has 2 aliphatic rings. The summed E-state index contributed by atoms with van der Waals surface area (Å²) in [7, 11) is 0. The Hall–Kier alpha value is -1.39. The quantitative estimate of drug-likeness (QED) is 0.922. The van der Waals surface area contributed by atoms with E-state index in [4.69, 9.17) is 0 Å². The first-order chi connectivity index (χ1) is 10.6. The molecule has 1 saturated heterocycles. The maximum absolute atomic E-state index is 12.5. The van der Waals surface area contributed by atoms with Crippen molar-refractivity contribution in [3.05, 3.63) is 35.4 Å². The largest absolute Gasteiger partial charge is 0.391 e. The minimum Gasteiger partial charge on any atom is -0.391 e. The molecular formula is C18H26N2O2. The zero-order valence-corrected chi connectivity index (χ0v) is 13.4. The van der Waals surface area contributed by atoms with Gasteiger partial charge < -0.3 is 10.0 Å². The Bertz CT molecular complexity index is 524. The lowest BCUT2D eigenvalue weighted by atomic mass is 10.0. The second kappa shape index (κ2) is 6.80. The van der Waals surface area contributed by atoms with Crippen LogP contribution in [0.25, 0.3) is 0 Å². The number of aliphatic hydroxyl groups excluding tert-OH is 1. The third-order valence-corrected chi connectivity index (χ3v) is 5.18. The van der Waals surface area contributed by atoms with Crippen molar-refractivity contribution in [2.45, 2.75) is 44.8 Å². The van der Waals surface area contributed by atoms with Gasteiger partial charge in [0.1, 0.15) is 0 Å². The summed E-state index contributed by atoms with van der Waals surface area (Å²) >= 11 is 0. The van der Waals surface area contributed by atoms with E-state index in [1.54, 1.807) is 0 Å². The van der Waals surface area contributed by atoms with E-state index in [1.807, 2.05) is 23.1 Å². The van der Waals surface area contributed by atoms with E-state index < -0.39 is 0 Å². The van der Waals surface area contributed by atoms with Crippen LogP contribution in [0.5, 0.6) is 0 Å². The van der Waals surface area contributed by atoms with Crippen molar-refractivity contribution in [1.29, 1.82) is 0 Å². The second-order valence-corrected chi connectivity index (χ2v) is 6.59. The molecule has 2 atom stereocenters. The average molecular weight is 302 g/mol. The number of piperazine rings is 1. The molecule has 2 unspecified atom stereocenters. The summed E-state index contributed by atoms with van der Waals surface area (Å²) < 4.78 is 0. The summed E-state index contributed by atoms with van der Waals surface area (Å²) in [4.78, 5) is 16.8. The van der Waals surface area contributed by atoms with E-state index in [0.29, 0.717) is 12.5 Å². The van der Waals surface area contributed by atoms with E-state index in [2.05, 4.69) is 17.9 Å². The first-order valence-corrected chi connectivity index (χ1v) is 8.39.